The van der Waals surface area contributed by atoms with Gasteiger partial charge in [0.2, 0.25) is 0 Å². The summed E-state index contributed by atoms with van der Waals surface area (Å²) in [4.78, 5) is 14.9. The molecule has 0 aromatic heterocycles. The molecule has 2 N–H and O–H groups in total. The number of carbonyl (C=O) groups is 1. The molecule has 0 aliphatic carbocycles. The molecular weight excluding hydrogens is 286 g/mol. The van der Waals surface area contributed by atoms with Gasteiger partial charge in [0.1, 0.15) is 0 Å². The van der Waals surface area contributed by atoms with Gasteiger partial charge in [-0.15, -0.1) is 0 Å². The van der Waals surface area contributed by atoms with Crippen molar-refractivity contribution in [3.63, 3.8) is 0 Å². The zero-order chi connectivity index (χ0) is 15.6. The van der Waals surface area contributed by atoms with Crippen LogP contribution in [0.3, 0.4) is 0 Å². The second-order valence-corrected chi connectivity index (χ2v) is 6.29. The van der Waals surface area contributed by atoms with Gasteiger partial charge >= 0.3 is 0 Å². The number of anilines is 2. The third-order valence-electron chi connectivity index (χ3n) is 4.67. The van der Waals surface area contributed by atoms with Crippen LogP contribution in [0.5, 0.6) is 0 Å². The van der Waals surface area contributed by atoms with Crippen molar-refractivity contribution < 1.29 is 4.79 Å². The second kappa shape index (κ2) is 6.05. The molecule has 2 heterocycles. The second-order valence-electron chi connectivity index (χ2n) is 6.29. The fourth-order valence-electron chi connectivity index (χ4n) is 3.39. The number of amides is 1. The summed E-state index contributed by atoms with van der Waals surface area (Å²) in [5, 5.41) is 6.33. The highest BCUT2D eigenvalue weighted by molar-refractivity contribution is 6.04. The molecule has 2 aromatic carbocycles. The highest BCUT2D eigenvalue weighted by Crippen LogP contribution is 2.24. The Morgan fingerprint density at radius 3 is 2.70 bits per heavy atom. The maximum absolute atomic E-state index is 12.5. The molecule has 0 atom stereocenters. The zero-order valence-corrected chi connectivity index (χ0v) is 13.1. The minimum absolute atomic E-state index is 0.0433. The minimum atomic E-state index is -0.0433. The van der Waals surface area contributed by atoms with Crippen molar-refractivity contribution in [1.82, 2.24) is 5.32 Å². The van der Waals surface area contributed by atoms with Crippen LogP contribution in [0.1, 0.15) is 34.3 Å². The lowest BCUT2D eigenvalue weighted by Gasteiger charge is -2.18. The summed E-state index contributed by atoms with van der Waals surface area (Å²) in [5.41, 5.74) is 5.29. The lowest BCUT2D eigenvalue weighted by atomic mass is 10.1. The van der Waals surface area contributed by atoms with Crippen LogP contribution in [-0.2, 0) is 13.1 Å². The molecular formula is C19H21N3O. The predicted octanol–water partition coefficient (Wildman–Crippen LogP) is 3.14. The SMILES string of the molecule is O=C(Nc1cccc(N2CCCC2)c1)c1ccc2c(c1)CNC2. The predicted molar refractivity (Wildman–Crippen MR) is 92.8 cm³/mol. The summed E-state index contributed by atoms with van der Waals surface area (Å²) in [6.07, 6.45) is 2.50. The van der Waals surface area contributed by atoms with Gasteiger partial charge in [-0.3, -0.25) is 4.79 Å². The fraction of sp³-hybridized carbons (Fsp3) is 0.316. The molecule has 1 fully saturated rings. The van der Waals surface area contributed by atoms with Crippen molar-refractivity contribution in [2.45, 2.75) is 25.9 Å². The van der Waals surface area contributed by atoms with Gasteiger partial charge in [-0.05, 0) is 54.3 Å². The smallest absolute Gasteiger partial charge is 0.255 e. The maximum atomic E-state index is 12.5. The van der Waals surface area contributed by atoms with Gasteiger partial charge in [-0.2, -0.15) is 0 Å². The van der Waals surface area contributed by atoms with Gasteiger partial charge in [0, 0.05) is 43.1 Å². The average molecular weight is 307 g/mol. The van der Waals surface area contributed by atoms with E-state index in [1.165, 1.54) is 29.7 Å². The van der Waals surface area contributed by atoms with Gasteiger partial charge in [-0.25, -0.2) is 0 Å². The van der Waals surface area contributed by atoms with E-state index in [0.717, 1.165) is 37.4 Å². The normalized spacial score (nSPS) is 16.4. The third-order valence-corrected chi connectivity index (χ3v) is 4.67. The molecule has 118 valence electrons. The number of hydrogen-bond donors (Lipinski definition) is 2. The molecule has 23 heavy (non-hydrogen) atoms. The quantitative estimate of drug-likeness (QED) is 0.915. The van der Waals surface area contributed by atoms with Gasteiger partial charge in [0.25, 0.3) is 5.91 Å². The number of nitrogens with zero attached hydrogens (tertiary/aromatic N) is 1. The lowest BCUT2D eigenvalue weighted by molar-refractivity contribution is 0.102. The summed E-state index contributed by atoms with van der Waals surface area (Å²) in [7, 11) is 0. The average Bonchev–Trinajstić information content (AvgIpc) is 3.26. The van der Waals surface area contributed by atoms with Crippen LogP contribution in [0, 0.1) is 0 Å². The molecule has 4 nitrogen and oxygen atoms in total. The van der Waals surface area contributed by atoms with Gasteiger partial charge in [0.15, 0.2) is 0 Å². The van der Waals surface area contributed by atoms with Crippen LogP contribution in [-0.4, -0.2) is 19.0 Å². The molecule has 4 heteroatoms. The molecule has 1 amide bonds. The van der Waals surface area contributed by atoms with Crippen LogP contribution in [0.2, 0.25) is 0 Å². The van der Waals surface area contributed by atoms with Crippen LogP contribution in [0.15, 0.2) is 42.5 Å². The minimum Gasteiger partial charge on any atom is -0.371 e. The Balaban J connectivity index is 1.51. The molecule has 0 unspecified atom stereocenters. The van der Waals surface area contributed by atoms with Crippen LogP contribution in [0.4, 0.5) is 11.4 Å². The molecule has 2 aliphatic heterocycles. The third kappa shape index (κ3) is 2.94. The Morgan fingerprint density at radius 1 is 1.00 bits per heavy atom. The molecule has 1 saturated heterocycles. The fourth-order valence-corrected chi connectivity index (χ4v) is 3.39. The highest BCUT2D eigenvalue weighted by atomic mass is 16.1. The first-order valence-corrected chi connectivity index (χ1v) is 8.28. The molecule has 0 spiro atoms. The van der Waals surface area contributed by atoms with Gasteiger partial charge < -0.3 is 15.5 Å². The molecule has 0 bridgehead atoms. The zero-order valence-electron chi connectivity index (χ0n) is 13.1. The van der Waals surface area contributed by atoms with E-state index in [-0.39, 0.29) is 5.91 Å². The first-order valence-electron chi connectivity index (χ1n) is 8.28. The largest absolute Gasteiger partial charge is 0.371 e. The molecule has 2 aromatic rings. The van der Waals surface area contributed by atoms with Gasteiger partial charge in [-0.1, -0.05) is 12.1 Å². The molecule has 0 radical (unpaired) electrons. The van der Waals surface area contributed by atoms with E-state index < -0.39 is 0 Å². The van der Waals surface area contributed by atoms with Crippen LogP contribution >= 0.6 is 0 Å². The van der Waals surface area contributed by atoms with Crippen molar-refractivity contribution in [2.24, 2.45) is 0 Å². The molecule has 2 aliphatic rings. The number of fused-ring (bicyclic) bond motifs is 1. The summed E-state index contributed by atoms with van der Waals surface area (Å²) < 4.78 is 0. The standard InChI is InChI=1S/C19H21N3O/c23-19(14-6-7-15-12-20-13-16(15)10-14)21-17-4-3-5-18(11-17)22-8-1-2-9-22/h3-7,10-11,20H,1-2,8-9,12-13H2,(H,21,23). The van der Waals surface area contributed by atoms with Crippen molar-refractivity contribution >= 4 is 17.3 Å². The Labute approximate surface area is 136 Å². The van der Waals surface area contributed by atoms with Crippen LogP contribution in [0.25, 0.3) is 0 Å². The number of benzene rings is 2. The topological polar surface area (TPSA) is 44.4 Å². The molecule has 0 saturated carbocycles. The summed E-state index contributed by atoms with van der Waals surface area (Å²) in [6.45, 7) is 3.96. The molecule has 4 rings (SSSR count). The van der Waals surface area contributed by atoms with E-state index in [2.05, 4.69) is 27.7 Å². The monoisotopic (exact) mass is 307 g/mol. The lowest BCUT2D eigenvalue weighted by Crippen LogP contribution is -2.18. The van der Waals surface area contributed by atoms with E-state index in [9.17, 15) is 4.79 Å². The Bertz CT molecular complexity index is 735. The van der Waals surface area contributed by atoms with Crippen molar-refractivity contribution in [1.29, 1.82) is 0 Å². The number of rotatable bonds is 3. The van der Waals surface area contributed by atoms with E-state index in [4.69, 9.17) is 0 Å². The Morgan fingerprint density at radius 2 is 1.83 bits per heavy atom. The number of carbonyl (C=O) groups excluding carboxylic acids is 1. The van der Waals surface area contributed by atoms with E-state index in [0.29, 0.717) is 0 Å². The number of hydrogen-bond acceptors (Lipinski definition) is 3. The van der Waals surface area contributed by atoms with Crippen molar-refractivity contribution in [3.05, 3.63) is 59.2 Å². The van der Waals surface area contributed by atoms with E-state index in [1.807, 2.05) is 30.3 Å². The summed E-state index contributed by atoms with van der Waals surface area (Å²) in [5.74, 6) is -0.0433. The summed E-state index contributed by atoms with van der Waals surface area (Å²) in [6, 6.07) is 14.1. The van der Waals surface area contributed by atoms with Crippen molar-refractivity contribution in [3.8, 4) is 0 Å². The van der Waals surface area contributed by atoms with E-state index >= 15 is 0 Å². The van der Waals surface area contributed by atoms with Gasteiger partial charge in [0.05, 0.1) is 0 Å². The van der Waals surface area contributed by atoms with Crippen LogP contribution < -0.4 is 15.5 Å². The maximum Gasteiger partial charge on any atom is 0.255 e. The van der Waals surface area contributed by atoms with Crippen molar-refractivity contribution in [2.75, 3.05) is 23.3 Å². The Hall–Kier alpha value is -2.33. The van der Waals surface area contributed by atoms with E-state index in [1.54, 1.807) is 0 Å². The highest BCUT2D eigenvalue weighted by Gasteiger charge is 2.15. The first-order chi connectivity index (χ1) is 11.3. The summed E-state index contributed by atoms with van der Waals surface area (Å²) >= 11 is 0. The Kier molecular flexibility index (Phi) is 3.75. The first kappa shape index (κ1) is 14.3. The number of nitrogens with one attached hydrogen (secondary N) is 2.